The van der Waals surface area contributed by atoms with Crippen LogP contribution in [0.15, 0.2) is 54.9 Å². The van der Waals surface area contributed by atoms with E-state index in [9.17, 15) is 13.2 Å². The number of aromatic nitrogens is 5. The molecule has 36 heavy (non-hydrogen) atoms. The summed E-state index contributed by atoms with van der Waals surface area (Å²) in [7, 11) is 0. The number of pyridine rings is 1. The number of hydrogen-bond donors (Lipinski definition) is 3. The van der Waals surface area contributed by atoms with Gasteiger partial charge in [0.2, 0.25) is 0 Å². The van der Waals surface area contributed by atoms with Crippen molar-refractivity contribution in [2.45, 2.75) is 33.5 Å². The lowest BCUT2D eigenvalue weighted by Gasteiger charge is -2.11. The zero-order valence-electron chi connectivity index (χ0n) is 20.1. The third-order valence-electron chi connectivity index (χ3n) is 6.33. The molecule has 0 saturated carbocycles. The number of aromatic amines is 2. The summed E-state index contributed by atoms with van der Waals surface area (Å²) in [5.41, 5.74) is 6.54. The fraction of sp³-hybridized carbons (Fsp3) is 0.222. The molecule has 6 nitrogen and oxygen atoms in total. The molecule has 3 heterocycles. The normalized spacial score (nSPS) is 11.9. The molecule has 9 heteroatoms. The van der Waals surface area contributed by atoms with Crippen molar-refractivity contribution in [3.05, 3.63) is 77.2 Å². The Morgan fingerprint density at radius 1 is 0.972 bits per heavy atom. The maximum atomic E-state index is 13.2. The summed E-state index contributed by atoms with van der Waals surface area (Å²) in [6.45, 7) is 7.56. The molecule has 0 spiro atoms. The van der Waals surface area contributed by atoms with Crippen molar-refractivity contribution >= 4 is 10.9 Å². The molecular weight excluding hydrogens is 465 g/mol. The van der Waals surface area contributed by atoms with E-state index in [1.54, 1.807) is 13.0 Å². The average Bonchev–Trinajstić information content (AvgIpc) is 3.45. The second-order valence-electron chi connectivity index (χ2n) is 8.72. The molecule has 5 aromatic rings. The summed E-state index contributed by atoms with van der Waals surface area (Å²) in [5, 5.41) is 11.7. The molecule has 0 fully saturated rings. The van der Waals surface area contributed by atoms with Crippen LogP contribution in [-0.4, -0.2) is 31.7 Å². The van der Waals surface area contributed by atoms with Crippen LogP contribution in [0.4, 0.5) is 13.2 Å². The van der Waals surface area contributed by atoms with E-state index in [1.165, 1.54) is 6.07 Å². The second kappa shape index (κ2) is 9.23. The number of imidazole rings is 1. The molecule has 0 aliphatic heterocycles. The number of rotatable bonds is 6. The highest BCUT2D eigenvalue weighted by Crippen LogP contribution is 2.35. The Kier molecular flexibility index (Phi) is 6.09. The van der Waals surface area contributed by atoms with Gasteiger partial charge in [-0.3, -0.25) is 10.1 Å². The predicted octanol–water partition coefficient (Wildman–Crippen LogP) is 6.43. The van der Waals surface area contributed by atoms with E-state index in [1.807, 2.05) is 30.6 Å². The highest BCUT2D eigenvalue weighted by molar-refractivity contribution is 5.95. The number of aryl methyl sites for hydroxylation is 1. The Bertz CT molecular complexity index is 1550. The lowest BCUT2D eigenvalue weighted by Crippen LogP contribution is -2.13. The minimum Gasteiger partial charge on any atom is -0.340 e. The average molecular weight is 491 g/mol. The quantitative estimate of drug-likeness (QED) is 0.256. The molecule has 0 bridgehead atoms. The fourth-order valence-electron chi connectivity index (χ4n) is 4.36. The van der Waals surface area contributed by atoms with E-state index in [-0.39, 0.29) is 0 Å². The summed E-state index contributed by atoms with van der Waals surface area (Å²) in [5.74, 6) is 0.485. The predicted molar refractivity (Wildman–Crippen MR) is 134 cm³/mol. The fourth-order valence-corrected chi connectivity index (χ4v) is 4.36. The van der Waals surface area contributed by atoms with Crippen molar-refractivity contribution in [2.24, 2.45) is 0 Å². The van der Waals surface area contributed by atoms with Crippen LogP contribution in [0.2, 0.25) is 0 Å². The first kappa shape index (κ1) is 23.7. The van der Waals surface area contributed by atoms with Crippen LogP contribution < -0.4 is 5.32 Å². The molecule has 3 N–H and O–H groups in total. The number of alkyl halides is 3. The van der Waals surface area contributed by atoms with Gasteiger partial charge in [0.1, 0.15) is 5.69 Å². The van der Waals surface area contributed by atoms with Crippen LogP contribution in [-0.2, 0) is 12.7 Å². The van der Waals surface area contributed by atoms with Crippen molar-refractivity contribution in [3.63, 3.8) is 0 Å². The van der Waals surface area contributed by atoms with Gasteiger partial charge in [-0.2, -0.15) is 18.3 Å². The zero-order chi connectivity index (χ0) is 25.4. The maximum absolute atomic E-state index is 13.2. The smallest absolute Gasteiger partial charge is 0.340 e. The minimum absolute atomic E-state index is 0.393. The monoisotopic (exact) mass is 490 g/mol. The van der Waals surface area contributed by atoms with E-state index in [2.05, 4.69) is 44.3 Å². The highest BCUT2D eigenvalue weighted by atomic mass is 19.4. The van der Waals surface area contributed by atoms with Gasteiger partial charge in [0, 0.05) is 41.1 Å². The van der Waals surface area contributed by atoms with Gasteiger partial charge in [-0.25, -0.2) is 4.98 Å². The SMILES string of the molecule is CCNCc1cncc(-c2ccc3[nH]nc(-c4nc(-c5cccc(C(F)(F)F)c5)c(C)[nH]4)c3c2)c1C. The van der Waals surface area contributed by atoms with Gasteiger partial charge in [0.25, 0.3) is 0 Å². The maximum Gasteiger partial charge on any atom is 0.416 e. The van der Waals surface area contributed by atoms with Gasteiger partial charge < -0.3 is 10.3 Å². The van der Waals surface area contributed by atoms with Crippen molar-refractivity contribution in [2.75, 3.05) is 6.54 Å². The number of fused-ring (bicyclic) bond motifs is 1. The van der Waals surface area contributed by atoms with Gasteiger partial charge in [0.15, 0.2) is 5.82 Å². The molecule has 5 rings (SSSR count). The number of nitrogens with one attached hydrogen (secondary N) is 3. The molecule has 2 aromatic carbocycles. The lowest BCUT2D eigenvalue weighted by atomic mass is 9.98. The molecule has 0 aliphatic carbocycles. The molecular formula is C27H25F3N6. The van der Waals surface area contributed by atoms with Crippen molar-refractivity contribution < 1.29 is 13.2 Å². The van der Waals surface area contributed by atoms with Gasteiger partial charge >= 0.3 is 6.18 Å². The molecule has 0 atom stereocenters. The molecule has 3 aromatic heterocycles. The standard InChI is InChI=1S/C27H25F3N6/c1-4-31-12-19-13-32-14-22(15(19)2)17-8-9-23-21(11-17)25(36-35-23)26-33-16(3)24(34-26)18-6-5-7-20(10-18)27(28,29)30/h5-11,13-14,31H,4,12H2,1-3H3,(H,33,34)(H,35,36). The zero-order valence-corrected chi connectivity index (χ0v) is 20.1. The van der Waals surface area contributed by atoms with E-state index >= 15 is 0 Å². The van der Waals surface area contributed by atoms with Crippen molar-refractivity contribution in [1.29, 1.82) is 0 Å². The first-order valence-electron chi connectivity index (χ1n) is 11.6. The molecule has 0 amide bonds. The number of halogens is 3. The summed E-state index contributed by atoms with van der Waals surface area (Å²) in [6, 6.07) is 11.2. The van der Waals surface area contributed by atoms with Gasteiger partial charge in [0.05, 0.1) is 16.8 Å². The summed E-state index contributed by atoms with van der Waals surface area (Å²) < 4.78 is 39.7. The summed E-state index contributed by atoms with van der Waals surface area (Å²) >= 11 is 0. The molecule has 0 saturated heterocycles. The molecule has 184 valence electrons. The van der Waals surface area contributed by atoms with E-state index in [0.717, 1.165) is 58.4 Å². The number of nitrogens with zero attached hydrogens (tertiary/aromatic N) is 3. The first-order chi connectivity index (χ1) is 17.3. The van der Waals surface area contributed by atoms with Crippen LogP contribution in [0.1, 0.15) is 29.3 Å². The lowest BCUT2D eigenvalue weighted by molar-refractivity contribution is -0.137. The van der Waals surface area contributed by atoms with E-state index in [4.69, 9.17) is 0 Å². The number of benzene rings is 2. The number of H-pyrrole nitrogens is 2. The van der Waals surface area contributed by atoms with Crippen LogP contribution in [0, 0.1) is 13.8 Å². The molecule has 0 aliphatic rings. The second-order valence-corrected chi connectivity index (χ2v) is 8.72. The summed E-state index contributed by atoms with van der Waals surface area (Å²) in [6.07, 6.45) is -0.687. The highest BCUT2D eigenvalue weighted by Gasteiger charge is 2.30. The third kappa shape index (κ3) is 4.37. The van der Waals surface area contributed by atoms with E-state index in [0.29, 0.717) is 28.5 Å². The topological polar surface area (TPSA) is 82.3 Å². The van der Waals surface area contributed by atoms with Crippen LogP contribution in [0.3, 0.4) is 0 Å². The Morgan fingerprint density at radius 2 is 1.81 bits per heavy atom. The third-order valence-corrected chi connectivity index (χ3v) is 6.33. The van der Waals surface area contributed by atoms with E-state index < -0.39 is 11.7 Å². The Hall–Kier alpha value is -3.98. The first-order valence-corrected chi connectivity index (χ1v) is 11.6. The van der Waals surface area contributed by atoms with Crippen LogP contribution >= 0.6 is 0 Å². The Labute approximate surface area is 206 Å². The molecule has 0 unspecified atom stereocenters. The Morgan fingerprint density at radius 3 is 2.58 bits per heavy atom. The van der Waals surface area contributed by atoms with Gasteiger partial charge in [-0.05, 0) is 61.3 Å². The van der Waals surface area contributed by atoms with Crippen LogP contribution in [0.5, 0.6) is 0 Å². The molecule has 0 radical (unpaired) electrons. The summed E-state index contributed by atoms with van der Waals surface area (Å²) in [4.78, 5) is 12.3. The largest absolute Gasteiger partial charge is 0.416 e. The van der Waals surface area contributed by atoms with Gasteiger partial charge in [-0.1, -0.05) is 25.1 Å². The van der Waals surface area contributed by atoms with Gasteiger partial charge in [-0.15, -0.1) is 0 Å². The number of hydrogen-bond acceptors (Lipinski definition) is 4. The van der Waals surface area contributed by atoms with Crippen molar-refractivity contribution in [3.8, 4) is 33.9 Å². The van der Waals surface area contributed by atoms with Crippen molar-refractivity contribution in [1.82, 2.24) is 30.5 Å². The minimum atomic E-state index is -4.42. The Balaban J connectivity index is 1.56. The van der Waals surface area contributed by atoms with Crippen LogP contribution in [0.25, 0.3) is 44.8 Å².